The molecule has 18 heavy (non-hydrogen) atoms. The van der Waals surface area contributed by atoms with Crippen molar-refractivity contribution >= 4 is 31.9 Å². The number of nitrogens with zero attached hydrogens (tertiary/aromatic N) is 1. The normalized spacial score (nSPS) is 12.4. The van der Waals surface area contributed by atoms with Gasteiger partial charge in [0.15, 0.2) is 0 Å². The molecule has 94 valence electrons. The SMILES string of the molecule is Cc1ccc(C(CBr)Cc2cncc(Br)c2)cc1. The first kappa shape index (κ1) is 13.8. The van der Waals surface area contributed by atoms with Gasteiger partial charge in [-0.2, -0.15) is 0 Å². The number of hydrogen-bond acceptors (Lipinski definition) is 1. The van der Waals surface area contributed by atoms with E-state index in [-0.39, 0.29) is 0 Å². The van der Waals surface area contributed by atoms with Gasteiger partial charge in [-0.05, 0) is 52.4 Å². The largest absolute Gasteiger partial charge is 0.263 e. The highest BCUT2D eigenvalue weighted by Crippen LogP contribution is 2.24. The molecule has 1 heterocycles. The maximum Gasteiger partial charge on any atom is 0.0410 e. The number of alkyl halides is 1. The van der Waals surface area contributed by atoms with Crippen LogP contribution in [0, 0.1) is 6.92 Å². The predicted octanol–water partition coefficient (Wildman–Crippen LogP) is 4.87. The van der Waals surface area contributed by atoms with Crippen molar-refractivity contribution < 1.29 is 0 Å². The Balaban J connectivity index is 2.17. The molecule has 1 aromatic carbocycles. The van der Waals surface area contributed by atoms with Crippen LogP contribution in [-0.4, -0.2) is 10.3 Å². The number of benzene rings is 1. The molecule has 0 fully saturated rings. The van der Waals surface area contributed by atoms with Crippen LogP contribution < -0.4 is 0 Å². The highest BCUT2D eigenvalue weighted by Gasteiger charge is 2.11. The lowest BCUT2D eigenvalue weighted by molar-refractivity contribution is 0.771. The van der Waals surface area contributed by atoms with E-state index in [0.717, 1.165) is 16.2 Å². The van der Waals surface area contributed by atoms with Crippen molar-refractivity contribution in [3.8, 4) is 0 Å². The van der Waals surface area contributed by atoms with E-state index in [1.165, 1.54) is 16.7 Å². The number of aromatic nitrogens is 1. The average Bonchev–Trinajstić information content (AvgIpc) is 2.37. The Kier molecular flexibility index (Phi) is 4.95. The lowest BCUT2D eigenvalue weighted by Crippen LogP contribution is -2.04. The van der Waals surface area contributed by atoms with E-state index in [4.69, 9.17) is 0 Å². The zero-order valence-electron chi connectivity index (χ0n) is 10.2. The molecule has 0 aliphatic carbocycles. The second-order valence-electron chi connectivity index (χ2n) is 4.48. The second-order valence-corrected chi connectivity index (χ2v) is 6.04. The molecule has 0 radical (unpaired) electrons. The van der Waals surface area contributed by atoms with Crippen molar-refractivity contribution in [2.24, 2.45) is 0 Å². The van der Waals surface area contributed by atoms with Crippen LogP contribution in [0.2, 0.25) is 0 Å². The number of halogens is 2. The molecule has 0 spiro atoms. The van der Waals surface area contributed by atoms with Crippen LogP contribution in [0.4, 0.5) is 0 Å². The fraction of sp³-hybridized carbons (Fsp3) is 0.267. The first-order valence-electron chi connectivity index (χ1n) is 5.91. The Morgan fingerprint density at radius 3 is 2.50 bits per heavy atom. The zero-order valence-corrected chi connectivity index (χ0v) is 13.4. The molecule has 0 saturated heterocycles. The van der Waals surface area contributed by atoms with Gasteiger partial charge in [0.05, 0.1) is 0 Å². The van der Waals surface area contributed by atoms with E-state index in [0.29, 0.717) is 5.92 Å². The van der Waals surface area contributed by atoms with Crippen molar-refractivity contribution in [2.75, 3.05) is 5.33 Å². The minimum Gasteiger partial charge on any atom is -0.263 e. The monoisotopic (exact) mass is 367 g/mol. The summed E-state index contributed by atoms with van der Waals surface area (Å²) in [5.74, 6) is 0.488. The van der Waals surface area contributed by atoms with Crippen LogP contribution in [0.5, 0.6) is 0 Å². The number of rotatable bonds is 4. The number of pyridine rings is 1. The third-order valence-electron chi connectivity index (χ3n) is 2.98. The van der Waals surface area contributed by atoms with Gasteiger partial charge in [-0.3, -0.25) is 4.98 Å². The van der Waals surface area contributed by atoms with Gasteiger partial charge in [0.1, 0.15) is 0 Å². The van der Waals surface area contributed by atoms with Gasteiger partial charge in [-0.1, -0.05) is 45.8 Å². The quantitative estimate of drug-likeness (QED) is 0.701. The first-order chi connectivity index (χ1) is 8.69. The van der Waals surface area contributed by atoms with E-state index < -0.39 is 0 Å². The minimum absolute atomic E-state index is 0.488. The van der Waals surface area contributed by atoms with Gasteiger partial charge >= 0.3 is 0 Å². The van der Waals surface area contributed by atoms with Crippen LogP contribution in [0.1, 0.15) is 22.6 Å². The third-order valence-corrected chi connectivity index (χ3v) is 4.19. The molecule has 1 unspecified atom stereocenters. The second kappa shape index (κ2) is 6.48. The summed E-state index contributed by atoms with van der Waals surface area (Å²) < 4.78 is 1.04. The summed E-state index contributed by atoms with van der Waals surface area (Å²) in [4.78, 5) is 4.22. The Hall–Kier alpha value is -0.670. The highest BCUT2D eigenvalue weighted by molar-refractivity contribution is 9.10. The van der Waals surface area contributed by atoms with Gasteiger partial charge in [0.25, 0.3) is 0 Å². The van der Waals surface area contributed by atoms with Crippen molar-refractivity contribution in [1.29, 1.82) is 0 Å². The summed E-state index contributed by atoms with van der Waals surface area (Å²) in [5, 5.41) is 0.961. The molecule has 3 heteroatoms. The number of hydrogen-bond donors (Lipinski definition) is 0. The standard InChI is InChI=1S/C15H15Br2N/c1-11-2-4-13(5-3-11)14(8-16)6-12-7-15(17)10-18-9-12/h2-5,7,9-10,14H,6,8H2,1H3. The molecule has 0 aliphatic heterocycles. The maximum absolute atomic E-state index is 4.22. The summed E-state index contributed by atoms with van der Waals surface area (Å²) in [6.45, 7) is 2.12. The molecule has 0 saturated carbocycles. The maximum atomic E-state index is 4.22. The van der Waals surface area contributed by atoms with Gasteiger partial charge in [-0.15, -0.1) is 0 Å². The average molecular weight is 369 g/mol. The Morgan fingerprint density at radius 2 is 1.89 bits per heavy atom. The summed E-state index contributed by atoms with van der Waals surface area (Å²) in [6.07, 6.45) is 4.76. The lowest BCUT2D eigenvalue weighted by atomic mass is 9.94. The molecule has 0 aliphatic rings. The predicted molar refractivity (Wildman–Crippen MR) is 83.4 cm³/mol. The highest BCUT2D eigenvalue weighted by atomic mass is 79.9. The van der Waals surface area contributed by atoms with Gasteiger partial charge in [-0.25, -0.2) is 0 Å². The summed E-state index contributed by atoms with van der Waals surface area (Å²) in [5.41, 5.74) is 3.93. The van der Waals surface area contributed by atoms with Gasteiger partial charge < -0.3 is 0 Å². The van der Waals surface area contributed by atoms with Crippen LogP contribution >= 0.6 is 31.9 Å². The molecule has 0 N–H and O–H groups in total. The minimum atomic E-state index is 0.488. The summed E-state index contributed by atoms with van der Waals surface area (Å²) in [6, 6.07) is 10.9. The van der Waals surface area contributed by atoms with Gasteiger partial charge in [0.2, 0.25) is 0 Å². The van der Waals surface area contributed by atoms with Crippen molar-refractivity contribution in [1.82, 2.24) is 4.98 Å². The Labute approximate surface area is 125 Å². The molecule has 1 atom stereocenters. The zero-order chi connectivity index (χ0) is 13.0. The summed E-state index contributed by atoms with van der Waals surface area (Å²) >= 11 is 7.08. The number of aryl methyl sites for hydroxylation is 1. The van der Waals surface area contributed by atoms with Crippen LogP contribution in [0.15, 0.2) is 47.2 Å². The Bertz CT molecular complexity index is 508. The molecular formula is C15H15Br2N. The molecule has 0 amide bonds. The van der Waals surface area contributed by atoms with Crippen LogP contribution in [0.25, 0.3) is 0 Å². The summed E-state index contributed by atoms with van der Waals surface area (Å²) in [7, 11) is 0. The van der Waals surface area contributed by atoms with Crippen LogP contribution in [-0.2, 0) is 6.42 Å². The Morgan fingerprint density at radius 1 is 1.17 bits per heavy atom. The van der Waals surface area contributed by atoms with E-state index in [1.54, 1.807) is 0 Å². The smallest absolute Gasteiger partial charge is 0.0410 e. The van der Waals surface area contributed by atoms with Crippen molar-refractivity contribution in [3.63, 3.8) is 0 Å². The van der Waals surface area contributed by atoms with E-state index in [9.17, 15) is 0 Å². The van der Waals surface area contributed by atoms with Crippen molar-refractivity contribution in [3.05, 3.63) is 63.9 Å². The lowest BCUT2D eigenvalue weighted by Gasteiger charge is -2.15. The fourth-order valence-corrected chi connectivity index (χ4v) is 2.97. The fourth-order valence-electron chi connectivity index (χ4n) is 1.95. The molecule has 2 rings (SSSR count). The molecule has 1 aromatic heterocycles. The van der Waals surface area contributed by atoms with Crippen molar-refractivity contribution in [2.45, 2.75) is 19.3 Å². The molecule has 1 nitrogen and oxygen atoms in total. The molecular weight excluding hydrogens is 354 g/mol. The third kappa shape index (κ3) is 3.66. The van der Waals surface area contributed by atoms with E-state index in [2.05, 4.69) is 74.1 Å². The van der Waals surface area contributed by atoms with E-state index in [1.807, 2.05) is 12.4 Å². The van der Waals surface area contributed by atoms with Crippen LogP contribution in [0.3, 0.4) is 0 Å². The molecule has 2 aromatic rings. The van der Waals surface area contributed by atoms with Gasteiger partial charge in [0, 0.05) is 22.2 Å². The topological polar surface area (TPSA) is 12.9 Å². The van der Waals surface area contributed by atoms with E-state index >= 15 is 0 Å². The molecule has 0 bridgehead atoms. The first-order valence-corrected chi connectivity index (χ1v) is 7.82.